The summed E-state index contributed by atoms with van der Waals surface area (Å²) < 4.78 is 12.8. The third-order valence-electron chi connectivity index (χ3n) is 19.6. The first kappa shape index (κ1) is 45.2. The molecule has 0 amide bonds. The highest BCUT2D eigenvalue weighted by Gasteiger charge is 2.70. The molecule has 8 rings (SSSR count). The number of nitrogens with zero attached hydrogens (tertiary/aromatic N) is 1. The summed E-state index contributed by atoms with van der Waals surface area (Å²) in [7, 11) is 0. The number of carbonyl (C=O) groups is 3. The van der Waals surface area contributed by atoms with Crippen molar-refractivity contribution in [2.24, 2.45) is 68.0 Å². The van der Waals surface area contributed by atoms with E-state index < -0.39 is 17.3 Å². The standard InChI is InChI=1S/C52H77ClN2O6/c1-32(2)43-38(56)30-52(22-23-54-31-33-12-13-34(53)28-39(33)60-27-26-55-24-10-11-25-55)21-20-50(8)35(44(43)52)14-15-41-49(7)18-17-42(48(5,6)40(49)16-19-51(41,50)9)61-46(59)37-29-36(45(57)58)47(37,3)4/h12-13,28,32,35-37,40-42,54H,10-11,14-27,29-31H2,1-9H3,(H,57,58)/t35-,36+,37-,40+,41-,42+,49+,50-,51-,52-/m1/s1. The lowest BCUT2D eigenvalue weighted by molar-refractivity contribution is -0.236. The number of ether oxygens (including phenoxy) is 2. The summed E-state index contributed by atoms with van der Waals surface area (Å²) in [5.41, 5.74) is 3.29. The first-order valence-electron chi connectivity index (χ1n) is 24.2. The van der Waals surface area contributed by atoms with E-state index in [-0.39, 0.29) is 51.0 Å². The van der Waals surface area contributed by atoms with Crippen LogP contribution in [-0.4, -0.2) is 66.6 Å². The van der Waals surface area contributed by atoms with Gasteiger partial charge in [-0.3, -0.25) is 19.3 Å². The lowest BCUT2D eigenvalue weighted by Crippen LogP contribution is -2.66. The molecule has 0 spiro atoms. The van der Waals surface area contributed by atoms with Crippen molar-refractivity contribution in [1.82, 2.24) is 10.2 Å². The van der Waals surface area contributed by atoms with Crippen molar-refractivity contribution >= 4 is 29.3 Å². The minimum Gasteiger partial charge on any atom is -0.492 e. The number of rotatable bonds is 13. The molecule has 0 radical (unpaired) electrons. The summed E-state index contributed by atoms with van der Waals surface area (Å²) in [6.07, 6.45) is 13.1. The lowest BCUT2D eigenvalue weighted by Gasteiger charge is -2.72. The first-order chi connectivity index (χ1) is 28.7. The molecule has 1 heterocycles. The van der Waals surface area contributed by atoms with Gasteiger partial charge in [-0.05, 0) is 160 Å². The number of esters is 1. The van der Waals surface area contributed by atoms with Crippen LogP contribution < -0.4 is 10.1 Å². The predicted octanol–water partition coefficient (Wildman–Crippen LogP) is 10.9. The Morgan fingerprint density at radius 2 is 1.64 bits per heavy atom. The van der Waals surface area contributed by atoms with E-state index in [0.29, 0.717) is 54.6 Å². The summed E-state index contributed by atoms with van der Waals surface area (Å²) in [5.74, 6) is 0.970. The highest BCUT2D eigenvalue weighted by molar-refractivity contribution is 6.30. The number of halogens is 1. The number of carboxylic acids is 1. The Bertz CT molecular complexity index is 1920. The van der Waals surface area contributed by atoms with Crippen LogP contribution >= 0.6 is 11.6 Å². The van der Waals surface area contributed by atoms with E-state index in [4.69, 9.17) is 21.1 Å². The average molecular weight is 862 g/mol. The van der Waals surface area contributed by atoms with Gasteiger partial charge in [0.2, 0.25) is 0 Å². The second-order valence-corrected chi connectivity index (χ2v) is 23.8. The smallest absolute Gasteiger partial charge is 0.309 e. The van der Waals surface area contributed by atoms with Crippen LogP contribution in [-0.2, 0) is 25.7 Å². The van der Waals surface area contributed by atoms with Crippen LogP contribution in [0, 0.1) is 68.0 Å². The predicted molar refractivity (Wildman–Crippen MR) is 241 cm³/mol. The van der Waals surface area contributed by atoms with Crippen molar-refractivity contribution in [1.29, 1.82) is 0 Å². The lowest BCUT2D eigenvalue weighted by atomic mass is 9.33. The van der Waals surface area contributed by atoms with Gasteiger partial charge in [0.15, 0.2) is 5.78 Å². The van der Waals surface area contributed by atoms with Crippen molar-refractivity contribution < 1.29 is 29.0 Å². The maximum Gasteiger partial charge on any atom is 0.309 e. The monoisotopic (exact) mass is 861 g/mol. The largest absolute Gasteiger partial charge is 0.492 e. The number of hydrogen-bond donors (Lipinski definition) is 2. The molecular weight excluding hydrogens is 784 g/mol. The summed E-state index contributed by atoms with van der Waals surface area (Å²) in [4.78, 5) is 42.2. The van der Waals surface area contributed by atoms with E-state index in [2.05, 4.69) is 64.7 Å². The van der Waals surface area contributed by atoms with Gasteiger partial charge in [0.05, 0.1) is 11.8 Å². The fourth-order valence-electron chi connectivity index (χ4n) is 15.9. The minimum absolute atomic E-state index is 0.0867. The molecule has 0 bridgehead atoms. The zero-order valence-electron chi connectivity index (χ0n) is 39.0. The van der Waals surface area contributed by atoms with Crippen LogP contribution in [0.3, 0.4) is 0 Å². The highest BCUT2D eigenvalue weighted by Crippen LogP contribution is 2.77. The van der Waals surface area contributed by atoms with Gasteiger partial charge in [0.1, 0.15) is 18.5 Å². The van der Waals surface area contributed by atoms with E-state index in [1.165, 1.54) is 24.8 Å². The molecule has 9 heteroatoms. The second-order valence-electron chi connectivity index (χ2n) is 23.3. The van der Waals surface area contributed by atoms with Gasteiger partial charge in [0.25, 0.3) is 0 Å². The molecule has 8 nitrogen and oxygen atoms in total. The Morgan fingerprint density at radius 1 is 0.902 bits per heavy atom. The Labute approximate surface area is 372 Å². The van der Waals surface area contributed by atoms with Crippen LogP contribution in [0.1, 0.15) is 151 Å². The molecule has 0 aromatic heterocycles. The van der Waals surface area contributed by atoms with Gasteiger partial charge in [-0.2, -0.15) is 0 Å². The number of allylic oxidation sites excluding steroid dienone is 2. The Kier molecular flexibility index (Phi) is 12.0. The number of aliphatic carboxylic acids is 1. The van der Waals surface area contributed by atoms with E-state index in [0.717, 1.165) is 94.4 Å². The molecule has 6 aliphatic carbocycles. The van der Waals surface area contributed by atoms with Crippen molar-refractivity contribution in [2.45, 2.75) is 158 Å². The molecule has 1 aromatic carbocycles. The van der Waals surface area contributed by atoms with Crippen molar-refractivity contribution in [3.63, 3.8) is 0 Å². The van der Waals surface area contributed by atoms with Gasteiger partial charge in [0, 0.05) is 40.9 Å². The summed E-state index contributed by atoms with van der Waals surface area (Å²) in [6.45, 7) is 26.3. The van der Waals surface area contributed by atoms with E-state index in [1.54, 1.807) is 0 Å². The molecule has 1 aromatic rings. The number of likely N-dealkylation sites (tertiary alicyclic amines) is 1. The van der Waals surface area contributed by atoms with Crippen molar-refractivity contribution in [3.8, 4) is 5.75 Å². The molecule has 0 unspecified atom stereocenters. The summed E-state index contributed by atoms with van der Waals surface area (Å²) in [5, 5.41) is 14.2. The number of fused-ring (bicyclic) bond motifs is 7. The maximum atomic E-state index is 14.2. The zero-order chi connectivity index (χ0) is 43.9. The molecule has 1 aliphatic heterocycles. The minimum atomic E-state index is -0.818. The van der Waals surface area contributed by atoms with Gasteiger partial charge in [-0.15, -0.1) is 0 Å². The van der Waals surface area contributed by atoms with E-state index in [1.807, 2.05) is 26.0 Å². The van der Waals surface area contributed by atoms with E-state index in [9.17, 15) is 19.5 Å². The van der Waals surface area contributed by atoms with Crippen LogP contribution in [0.15, 0.2) is 29.3 Å². The van der Waals surface area contributed by atoms with Gasteiger partial charge in [-0.25, -0.2) is 0 Å². The number of carbonyl (C=O) groups excluding carboxylic acids is 2. The fourth-order valence-corrected chi connectivity index (χ4v) is 16.0. The highest BCUT2D eigenvalue weighted by atomic mass is 35.5. The molecule has 7 aliphatic rings. The second kappa shape index (κ2) is 16.2. The average Bonchev–Trinajstić information content (AvgIpc) is 3.80. The normalized spacial score (nSPS) is 38.9. The molecule has 2 N–H and O–H groups in total. The third-order valence-corrected chi connectivity index (χ3v) is 19.8. The molecule has 61 heavy (non-hydrogen) atoms. The van der Waals surface area contributed by atoms with Gasteiger partial charge < -0.3 is 19.9 Å². The molecule has 10 atom stereocenters. The van der Waals surface area contributed by atoms with E-state index >= 15 is 0 Å². The number of ketones is 1. The number of Topliss-reactive ketones (excluding diaryl/α,β-unsaturated/α-hetero) is 1. The molecule has 5 saturated carbocycles. The maximum absolute atomic E-state index is 14.2. The Hall–Kier alpha value is -2.42. The zero-order valence-corrected chi connectivity index (χ0v) is 39.8. The number of carboxylic acid groups (broad SMARTS) is 1. The molecule has 1 saturated heterocycles. The quantitative estimate of drug-likeness (QED) is 0.149. The SMILES string of the molecule is CC(C)C1=C2[C@H]3CC[C@@H]4[C@@]5(C)CC[C@H](OC(=O)[C@H]6C[C@@H](C(=O)O)C6(C)C)C(C)(C)[C@@H]5CC[C@@]4(C)[C@]3(C)CC[C@@]2(CCNCc2ccc(Cl)cc2OCCN2CCCC2)CC1=O. The molecule has 6 fully saturated rings. The van der Waals surface area contributed by atoms with Crippen LogP contribution in [0.5, 0.6) is 5.75 Å². The summed E-state index contributed by atoms with van der Waals surface area (Å²) >= 11 is 6.45. The van der Waals surface area contributed by atoms with Crippen molar-refractivity contribution in [2.75, 3.05) is 32.8 Å². The fraction of sp³-hybridized carbons (Fsp3) is 0.788. The number of nitrogens with one attached hydrogen (secondary N) is 1. The first-order valence-corrected chi connectivity index (χ1v) is 24.6. The Balaban J connectivity index is 0.970. The van der Waals surface area contributed by atoms with Crippen molar-refractivity contribution in [3.05, 3.63) is 39.9 Å². The summed E-state index contributed by atoms with van der Waals surface area (Å²) in [6, 6.07) is 6.01. The topological polar surface area (TPSA) is 105 Å². The van der Waals surface area contributed by atoms with Gasteiger partial charge >= 0.3 is 11.9 Å². The van der Waals surface area contributed by atoms with Crippen LogP contribution in [0.25, 0.3) is 0 Å². The Morgan fingerprint density at radius 3 is 2.33 bits per heavy atom. The number of benzene rings is 1. The number of hydrogen-bond acceptors (Lipinski definition) is 7. The molecular formula is C52H77ClN2O6. The third kappa shape index (κ3) is 7.35. The van der Waals surface area contributed by atoms with Gasteiger partial charge in [-0.1, -0.05) is 85.6 Å². The van der Waals surface area contributed by atoms with Crippen LogP contribution in [0.2, 0.25) is 5.02 Å². The van der Waals surface area contributed by atoms with Crippen LogP contribution in [0.4, 0.5) is 0 Å². The molecule has 338 valence electrons.